The summed E-state index contributed by atoms with van der Waals surface area (Å²) in [6, 6.07) is 5.65. The minimum atomic E-state index is -0.394. The zero-order valence-electron chi connectivity index (χ0n) is 13.5. The second kappa shape index (κ2) is 6.42. The molecule has 1 saturated heterocycles. The van der Waals surface area contributed by atoms with Gasteiger partial charge in [-0.05, 0) is 36.5 Å². The van der Waals surface area contributed by atoms with Gasteiger partial charge >= 0.3 is 0 Å². The number of fused-ring (bicyclic) bond motifs is 1. The summed E-state index contributed by atoms with van der Waals surface area (Å²) >= 11 is 0. The van der Waals surface area contributed by atoms with Gasteiger partial charge in [0.15, 0.2) is 6.29 Å². The zero-order valence-corrected chi connectivity index (χ0v) is 13.5. The number of Topliss-reactive ketones (excluding diaryl/α,β-unsaturated/α-hetero) is 1. The first-order chi connectivity index (χ1) is 11.1. The Morgan fingerprint density at radius 2 is 2.30 bits per heavy atom. The van der Waals surface area contributed by atoms with Crippen molar-refractivity contribution < 1.29 is 23.8 Å². The Bertz CT molecular complexity index is 611. The molecule has 0 bridgehead atoms. The molecular formula is C18H22O5. The second-order valence-electron chi connectivity index (χ2n) is 6.41. The molecule has 1 aromatic carbocycles. The van der Waals surface area contributed by atoms with Gasteiger partial charge in [0.2, 0.25) is 0 Å². The first-order valence-electron chi connectivity index (χ1n) is 7.98. The van der Waals surface area contributed by atoms with Crippen molar-refractivity contribution in [1.82, 2.24) is 0 Å². The Kier molecular flexibility index (Phi) is 4.50. The molecule has 5 heteroatoms. The molecule has 1 unspecified atom stereocenters. The van der Waals surface area contributed by atoms with Crippen LogP contribution in [0.1, 0.15) is 42.1 Å². The van der Waals surface area contributed by atoms with Crippen LogP contribution in [0.2, 0.25) is 0 Å². The van der Waals surface area contributed by atoms with Crippen molar-refractivity contribution in [3.63, 3.8) is 0 Å². The molecule has 0 radical (unpaired) electrons. The van der Waals surface area contributed by atoms with Crippen molar-refractivity contribution in [2.24, 2.45) is 5.92 Å². The molecule has 124 valence electrons. The number of methoxy groups -OCH3 is 1. The van der Waals surface area contributed by atoms with E-state index in [1.54, 1.807) is 7.11 Å². The fourth-order valence-corrected chi connectivity index (χ4v) is 3.80. The molecule has 5 nitrogen and oxygen atoms in total. The van der Waals surface area contributed by atoms with Crippen LogP contribution in [-0.2, 0) is 20.7 Å². The quantitative estimate of drug-likeness (QED) is 0.781. The number of ether oxygens (including phenoxy) is 3. The number of hydrogen-bond acceptors (Lipinski definition) is 5. The summed E-state index contributed by atoms with van der Waals surface area (Å²) in [4.78, 5) is 22.9. The summed E-state index contributed by atoms with van der Waals surface area (Å²) in [5.41, 5.74) is 1.21. The SMILES string of the molecule is COc1ccc(CC(C)[C@]23CCC(=O)C[C@H]2OCO3)cc1C=O. The number of carbonyl (C=O) groups is 2. The average Bonchev–Trinajstić information content (AvgIpc) is 2.98. The van der Waals surface area contributed by atoms with Crippen LogP contribution >= 0.6 is 0 Å². The lowest BCUT2D eigenvalue weighted by atomic mass is 9.72. The summed E-state index contributed by atoms with van der Waals surface area (Å²) in [6.45, 7) is 2.38. The van der Waals surface area contributed by atoms with E-state index < -0.39 is 5.60 Å². The molecule has 0 spiro atoms. The van der Waals surface area contributed by atoms with Crippen LogP contribution in [0.25, 0.3) is 0 Å². The van der Waals surface area contributed by atoms with E-state index in [4.69, 9.17) is 14.2 Å². The van der Waals surface area contributed by atoms with E-state index in [9.17, 15) is 9.59 Å². The van der Waals surface area contributed by atoms with E-state index in [1.807, 2.05) is 18.2 Å². The Morgan fingerprint density at radius 3 is 3.04 bits per heavy atom. The van der Waals surface area contributed by atoms with Crippen LogP contribution in [0.5, 0.6) is 5.75 Å². The highest BCUT2D eigenvalue weighted by molar-refractivity contribution is 5.80. The molecule has 1 saturated carbocycles. The smallest absolute Gasteiger partial charge is 0.153 e. The maximum Gasteiger partial charge on any atom is 0.153 e. The van der Waals surface area contributed by atoms with Gasteiger partial charge in [-0.3, -0.25) is 9.59 Å². The Balaban J connectivity index is 1.79. The average molecular weight is 318 g/mol. The first kappa shape index (κ1) is 16.1. The van der Waals surface area contributed by atoms with Gasteiger partial charge in [0.05, 0.1) is 18.8 Å². The number of benzene rings is 1. The lowest BCUT2D eigenvalue weighted by Gasteiger charge is -2.40. The van der Waals surface area contributed by atoms with Crippen LogP contribution in [0.15, 0.2) is 18.2 Å². The van der Waals surface area contributed by atoms with Crippen LogP contribution in [0.4, 0.5) is 0 Å². The normalized spacial score (nSPS) is 28.3. The molecule has 1 aromatic rings. The minimum Gasteiger partial charge on any atom is -0.496 e. The van der Waals surface area contributed by atoms with Gasteiger partial charge in [-0.1, -0.05) is 13.0 Å². The highest BCUT2D eigenvalue weighted by Crippen LogP contribution is 2.43. The van der Waals surface area contributed by atoms with Gasteiger partial charge in [-0.2, -0.15) is 0 Å². The van der Waals surface area contributed by atoms with Crippen molar-refractivity contribution in [1.29, 1.82) is 0 Å². The third kappa shape index (κ3) is 2.91. The Labute approximate surface area is 135 Å². The van der Waals surface area contributed by atoms with E-state index in [-0.39, 0.29) is 24.6 Å². The van der Waals surface area contributed by atoms with E-state index in [1.165, 1.54) is 0 Å². The van der Waals surface area contributed by atoms with Crippen LogP contribution in [0, 0.1) is 5.92 Å². The lowest BCUT2D eigenvalue weighted by molar-refractivity contribution is -0.130. The second-order valence-corrected chi connectivity index (χ2v) is 6.41. The molecule has 1 aliphatic heterocycles. The van der Waals surface area contributed by atoms with E-state index in [0.29, 0.717) is 30.6 Å². The standard InChI is InChI=1S/C18H22O5/c1-12(7-13-3-4-16(21-2)14(8-13)10-19)18-6-5-15(20)9-17(18)22-11-23-18/h3-4,8,10,12,17H,5-7,9,11H2,1-2H3/t12?,17-,18-/m1/s1. The van der Waals surface area contributed by atoms with E-state index >= 15 is 0 Å². The molecule has 23 heavy (non-hydrogen) atoms. The topological polar surface area (TPSA) is 61.8 Å². The first-order valence-corrected chi connectivity index (χ1v) is 7.98. The molecule has 3 atom stereocenters. The fraction of sp³-hybridized carbons (Fsp3) is 0.556. The third-order valence-corrected chi connectivity index (χ3v) is 5.15. The van der Waals surface area contributed by atoms with Gasteiger partial charge in [-0.15, -0.1) is 0 Å². The van der Waals surface area contributed by atoms with Crippen molar-refractivity contribution in [3.8, 4) is 5.75 Å². The van der Waals surface area contributed by atoms with E-state index in [2.05, 4.69) is 6.92 Å². The molecule has 3 rings (SSSR count). The van der Waals surface area contributed by atoms with E-state index in [0.717, 1.165) is 18.3 Å². The molecule has 0 N–H and O–H groups in total. The summed E-state index contributed by atoms with van der Waals surface area (Å²) in [6.07, 6.45) is 3.11. The molecule has 1 aliphatic carbocycles. The number of ketones is 1. The van der Waals surface area contributed by atoms with Crippen molar-refractivity contribution in [3.05, 3.63) is 29.3 Å². The van der Waals surface area contributed by atoms with Crippen molar-refractivity contribution in [2.75, 3.05) is 13.9 Å². The Hall–Kier alpha value is -1.72. The monoisotopic (exact) mass is 318 g/mol. The van der Waals surface area contributed by atoms with Crippen molar-refractivity contribution in [2.45, 2.75) is 44.3 Å². The number of rotatable bonds is 5. The minimum absolute atomic E-state index is 0.150. The molecule has 0 amide bonds. The van der Waals surface area contributed by atoms with Gasteiger partial charge in [-0.25, -0.2) is 0 Å². The maximum atomic E-state index is 11.7. The predicted molar refractivity (Wildman–Crippen MR) is 83.7 cm³/mol. The summed E-state index contributed by atoms with van der Waals surface area (Å²) in [7, 11) is 1.55. The molecular weight excluding hydrogens is 296 g/mol. The number of aldehydes is 1. The highest BCUT2D eigenvalue weighted by Gasteiger charge is 2.52. The molecule has 1 heterocycles. The summed E-state index contributed by atoms with van der Waals surface area (Å²) in [5, 5.41) is 0. The third-order valence-electron chi connectivity index (χ3n) is 5.15. The highest BCUT2D eigenvalue weighted by atomic mass is 16.7. The largest absolute Gasteiger partial charge is 0.496 e. The van der Waals surface area contributed by atoms with Gasteiger partial charge < -0.3 is 14.2 Å². The molecule has 0 aromatic heterocycles. The predicted octanol–water partition coefficient (Wildman–Crippen LogP) is 2.55. The summed E-state index contributed by atoms with van der Waals surface area (Å²) < 4.78 is 16.8. The zero-order chi connectivity index (χ0) is 16.4. The van der Waals surface area contributed by atoms with Crippen LogP contribution in [0.3, 0.4) is 0 Å². The van der Waals surface area contributed by atoms with Gasteiger partial charge in [0, 0.05) is 12.8 Å². The van der Waals surface area contributed by atoms with Gasteiger partial charge in [0.1, 0.15) is 23.9 Å². The van der Waals surface area contributed by atoms with Crippen molar-refractivity contribution >= 4 is 12.1 Å². The van der Waals surface area contributed by atoms with Crippen LogP contribution in [-0.4, -0.2) is 37.7 Å². The number of hydrogen-bond donors (Lipinski definition) is 0. The Morgan fingerprint density at radius 1 is 1.48 bits per heavy atom. The lowest BCUT2D eigenvalue weighted by Crippen LogP contribution is -2.50. The van der Waals surface area contributed by atoms with Crippen LogP contribution < -0.4 is 4.74 Å². The van der Waals surface area contributed by atoms with Gasteiger partial charge in [0.25, 0.3) is 0 Å². The fourth-order valence-electron chi connectivity index (χ4n) is 3.80. The molecule has 2 aliphatic rings. The summed E-state index contributed by atoms with van der Waals surface area (Å²) in [5.74, 6) is 1.02. The maximum absolute atomic E-state index is 11.7. The molecule has 2 fully saturated rings. The number of carbonyl (C=O) groups excluding carboxylic acids is 2.